The second-order valence-corrected chi connectivity index (χ2v) is 6.70. The number of carbonyl (C=O) groups excluding carboxylic acids is 1. The number of hydrogen-bond acceptors (Lipinski definition) is 6. The van der Waals surface area contributed by atoms with Gasteiger partial charge in [0.05, 0.1) is 34.0 Å². The zero-order valence-electron chi connectivity index (χ0n) is 16.5. The largest absolute Gasteiger partial charge is 0.493 e. The molecule has 0 aromatic heterocycles. The Hall–Kier alpha value is -2.41. The summed E-state index contributed by atoms with van der Waals surface area (Å²) >= 11 is 0. The predicted octanol–water partition coefficient (Wildman–Crippen LogP) is 2.55. The highest BCUT2D eigenvalue weighted by Crippen LogP contribution is 2.27. The molecule has 1 N–H and O–H groups in total. The third-order valence-electron chi connectivity index (χ3n) is 5.00. The molecule has 0 amide bonds. The average molecular weight is 384 g/mol. The summed E-state index contributed by atoms with van der Waals surface area (Å²) < 4.78 is 16.0. The van der Waals surface area contributed by atoms with Crippen LogP contribution in [-0.2, 0) is 4.74 Å². The minimum absolute atomic E-state index is 0.0229. The lowest BCUT2D eigenvalue weighted by molar-refractivity contribution is 0.0162. The quantitative estimate of drug-likeness (QED) is 0.671. The molecule has 150 valence electrons. The minimum atomic E-state index is 0.0229. The molecular weight excluding hydrogens is 356 g/mol. The molecule has 0 saturated carbocycles. The lowest BCUT2D eigenvalue weighted by atomic mass is 10.0. The van der Waals surface area contributed by atoms with Crippen molar-refractivity contribution < 1.29 is 19.0 Å². The van der Waals surface area contributed by atoms with Crippen LogP contribution in [0.1, 0.15) is 22.0 Å². The van der Waals surface area contributed by atoms with Crippen molar-refractivity contribution in [2.45, 2.75) is 6.04 Å². The van der Waals surface area contributed by atoms with E-state index in [1.165, 1.54) is 5.56 Å². The van der Waals surface area contributed by atoms with Gasteiger partial charge in [-0.15, -0.1) is 0 Å². The molecule has 1 saturated heterocycles. The van der Waals surface area contributed by atoms with E-state index in [1.807, 2.05) is 6.07 Å². The fourth-order valence-electron chi connectivity index (χ4n) is 3.46. The molecule has 0 spiro atoms. The van der Waals surface area contributed by atoms with Crippen LogP contribution in [0.4, 0.5) is 0 Å². The summed E-state index contributed by atoms with van der Waals surface area (Å²) in [6.45, 7) is 4.24. The highest BCUT2D eigenvalue weighted by molar-refractivity contribution is 5.98. The van der Waals surface area contributed by atoms with E-state index < -0.39 is 0 Å². The number of nitrogens with zero attached hydrogens (tertiary/aromatic N) is 1. The molecule has 2 aromatic rings. The maximum atomic E-state index is 12.6. The number of morpholine rings is 1. The van der Waals surface area contributed by atoms with Crippen LogP contribution in [0.25, 0.3) is 0 Å². The van der Waals surface area contributed by atoms with Gasteiger partial charge >= 0.3 is 0 Å². The van der Waals surface area contributed by atoms with Gasteiger partial charge in [0.1, 0.15) is 0 Å². The summed E-state index contributed by atoms with van der Waals surface area (Å²) in [4.78, 5) is 15.0. The van der Waals surface area contributed by atoms with Crippen molar-refractivity contribution in [2.24, 2.45) is 0 Å². The van der Waals surface area contributed by atoms with Crippen LogP contribution in [-0.4, -0.2) is 64.3 Å². The SMILES string of the molecule is COc1ccc(C(=O)CNCC(c2ccccc2)N2CCOCC2)cc1OC. The predicted molar refractivity (Wildman–Crippen MR) is 108 cm³/mol. The van der Waals surface area contributed by atoms with Crippen LogP contribution in [0.2, 0.25) is 0 Å². The first-order valence-electron chi connectivity index (χ1n) is 9.55. The molecule has 1 fully saturated rings. The van der Waals surface area contributed by atoms with Crippen LogP contribution in [0.3, 0.4) is 0 Å². The van der Waals surface area contributed by atoms with Crippen molar-refractivity contribution in [3.05, 3.63) is 59.7 Å². The molecule has 1 aliphatic heterocycles. The molecule has 1 unspecified atom stereocenters. The van der Waals surface area contributed by atoms with Gasteiger partial charge in [-0.25, -0.2) is 0 Å². The fraction of sp³-hybridized carbons (Fsp3) is 0.409. The second-order valence-electron chi connectivity index (χ2n) is 6.70. The van der Waals surface area contributed by atoms with Crippen molar-refractivity contribution in [1.29, 1.82) is 0 Å². The first-order valence-corrected chi connectivity index (χ1v) is 9.55. The summed E-state index contributed by atoms with van der Waals surface area (Å²) in [7, 11) is 3.15. The van der Waals surface area contributed by atoms with Crippen molar-refractivity contribution in [3.8, 4) is 11.5 Å². The Morgan fingerprint density at radius 3 is 2.46 bits per heavy atom. The van der Waals surface area contributed by atoms with Gasteiger partial charge in [0.25, 0.3) is 0 Å². The van der Waals surface area contributed by atoms with E-state index in [1.54, 1.807) is 32.4 Å². The van der Waals surface area contributed by atoms with E-state index in [-0.39, 0.29) is 18.4 Å². The number of benzene rings is 2. The Kier molecular flexibility index (Phi) is 7.42. The van der Waals surface area contributed by atoms with Crippen LogP contribution >= 0.6 is 0 Å². The molecule has 1 aliphatic rings. The number of ether oxygens (including phenoxy) is 3. The summed E-state index contributed by atoms with van der Waals surface area (Å²) in [5, 5.41) is 3.34. The number of Topliss-reactive ketones (excluding diaryl/α,β-unsaturated/α-hetero) is 1. The Balaban J connectivity index is 1.63. The highest BCUT2D eigenvalue weighted by atomic mass is 16.5. The molecule has 0 aliphatic carbocycles. The summed E-state index contributed by atoms with van der Waals surface area (Å²) in [5.74, 6) is 1.20. The van der Waals surface area contributed by atoms with Crippen molar-refractivity contribution in [3.63, 3.8) is 0 Å². The van der Waals surface area contributed by atoms with Gasteiger partial charge in [0.2, 0.25) is 0 Å². The Morgan fingerprint density at radius 1 is 1.07 bits per heavy atom. The van der Waals surface area contributed by atoms with Gasteiger partial charge in [-0.05, 0) is 23.8 Å². The van der Waals surface area contributed by atoms with Crippen LogP contribution in [0.5, 0.6) is 11.5 Å². The first-order chi connectivity index (χ1) is 13.7. The molecule has 1 heterocycles. The zero-order valence-corrected chi connectivity index (χ0v) is 16.5. The van der Waals surface area contributed by atoms with Gasteiger partial charge in [-0.3, -0.25) is 9.69 Å². The maximum absolute atomic E-state index is 12.6. The van der Waals surface area contributed by atoms with Gasteiger partial charge in [0.15, 0.2) is 17.3 Å². The minimum Gasteiger partial charge on any atom is -0.493 e. The van der Waals surface area contributed by atoms with E-state index in [0.29, 0.717) is 23.6 Å². The van der Waals surface area contributed by atoms with Crippen LogP contribution in [0.15, 0.2) is 48.5 Å². The number of ketones is 1. The van der Waals surface area contributed by atoms with E-state index in [2.05, 4.69) is 34.5 Å². The molecule has 0 bridgehead atoms. The smallest absolute Gasteiger partial charge is 0.176 e. The lowest BCUT2D eigenvalue weighted by Crippen LogP contribution is -2.43. The third-order valence-corrected chi connectivity index (χ3v) is 5.00. The van der Waals surface area contributed by atoms with E-state index in [9.17, 15) is 4.79 Å². The number of nitrogens with one attached hydrogen (secondary N) is 1. The highest BCUT2D eigenvalue weighted by Gasteiger charge is 2.22. The van der Waals surface area contributed by atoms with Gasteiger partial charge in [-0.2, -0.15) is 0 Å². The molecule has 28 heavy (non-hydrogen) atoms. The molecule has 0 radical (unpaired) electrons. The van der Waals surface area contributed by atoms with Crippen molar-refractivity contribution in [2.75, 3.05) is 53.6 Å². The summed E-state index contributed by atoms with van der Waals surface area (Å²) in [5.41, 5.74) is 1.85. The fourth-order valence-corrected chi connectivity index (χ4v) is 3.46. The maximum Gasteiger partial charge on any atom is 0.176 e. The number of methoxy groups -OCH3 is 2. The van der Waals surface area contributed by atoms with Crippen molar-refractivity contribution in [1.82, 2.24) is 10.2 Å². The van der Waals surface area contributed by atoms with Gasteiger partial charge in [-0.1, -0.05) is 30.3 Å². The number of carbonyl (C=O) groups is 1. The van der Waals surface area contributed by atoms with Crippen LogP contribution in [0, 0.1) is 0 Å². The second kappa shape index (κ2) is 10.2. The Bertz CT molecular complexity index is 760. The zero-order chi connectivity index (χ0) is 19.8. The van der Waals surface area contributed by atoms with E-state index >= 15 is 0 Å². The monoisotopic (exact) mass is 384 g/mol. The molecule has 1 atom stereocenters. The molecule has 6 heteroatoms. The number of hydrogen-bond donors (Lipinski definition) is 1. The van der Waals surface area contributed by atoms with E-state index in [0.717, 1.165) is 26.3 Å². The molecule has 6 nitrogen and oxygen atoms in total. The topological polar surface area (TPSA) is 60.0 Å². The number of rotatable bonds is 9. The Morgan fingerprint density at radius 2 is 1.79 bits per heavy atom. The molecular formula is C22H28N2O4. The standard InChI is InChI=1S/C22H28N2O4/c1-26-21-9-8-18(14-22(21)27-2)20(25)16-23-15-19(17-6-4-3-5-7-17)24-10-12-28-13-11-24/h3-9,14,19,23H,10-13,15-16H2,1-2H3. The lowest BCUT2D eigenvalue weighted by Gasteiger charge is -2.35. The normalized spacial score (nSPS) is 15.8. The third kappa shape index (κ3) is 5.10. The molecule has 2 aromatic carbocycles. The summed E-state index contributed by atoms with van der Waals surface area (Å²) in [6, 6.07) is 15.9. The summed E-state index contributed by atoms with van der Waals surface area (Å²) in [6.07, 6.45) is 0. The van der Waals surface area contributed by atoms with E-state index in [4.69, 9.17) is 14.2 Å². The van der Waals surface area contributed by atoms with Crippen LogP contribution < -0.4 is 14.8 Å². The van der Waals surface area contributed by atoms with Crippen molar-refractivity contribution >= 4 is 5.78 Å². The Labute approximate surface area is 166 Å². The first kappa shape index (κ1) is 20.3. The van der Waals surface area contributed by atoms with Gasteiger partial charge < -0.3 is 19.5 Å². The average Bonchev–Trinajstić information content (AvgIpc) is 2.77. The molecule has 3 rings (SSSR count). The van der Waals surface area contributed by atoms with Gasteiger partial charge in [0, 0.05) is 31.2 Å².